The number of aromatic nitrogens is 3. The number of nitrogens with zero attached hydrogens (tertiary/aromatic N) is 5. The summed E-state index contributed by atoms with van der Waals surface area (Å²) < 4.78 is 12.1. The highest BCUT2D eigenvalue weighted by Gasteiger charge is 2.28. The van der Waals surface area contributed by atoms with Gasteiger partial charge >= 0.3 is 6.09 Å². The van der Waals surface area contributed by atoms with Gasteiger partial charge in [0.2, 0.25) is 11.8 Å². The van der Waals surface area contributed by atoms with Gasteiger partial charge in [-0.2, -0.15) is 5.26 Å². The van der Waals surface area contributed by atoms with E-state index >= 15 is 0 Å². The SMILES string of the molecule is Cc1ccc2c(NC[C@@H](C)C#N)cccc2c1Oc1ncccc1-c1ccnc(NC2CCCN(C(=O)OC(C)(C)C)C2)n1. The number of piperidine rings is 1. The molecule has 2 N–H and O–H groups in total. The summed E-state index contributed by atoms with van der Waals surface area (Å²) in [6.07, 6.45) is 4.85. The van der Waals surface area contributed by atoms with Crippen LogP contribution in [0.3, 0.4) is 0 Å². The Balaban J connectivity index is 1.38. The number of likely N-dealkylation sites (tertiary alicyclic amines) is 1. The maximum Gasteiger partial charge on any atom is 0.410 e. The summed E-state index contributed by atoms with van der Waals surface area (Å²) in [6, 6.07) is 18.0. The highest BCUT2D eigenvalue weighted by molar-refractivity contribution is 5.98. The molecule has 2 atom stereocenters. The van der Waals surface area contributed by atoms with Crippen LogP contribution < -0.4 is 15.4 Å². The minimum atomic E-state index is -0.543. The number of aryl methyl sites for hydroxylation is 1. The number of hydrogen-bond acceptors (Lipinski definition) is 9. The first kappa shape index (κ1) is 30.5. The van der Waals surface area contributed by atoms with Gasteiger partial charge in [-0.1, -0.05) is 24.3 Å². The van der Waals surface area contributed by atoms with Gasteiger partial charge in [0.15, 0.2) is 0 Å². The molecule has 228 valence electrons. The molecule has 0 aliphatic carbocycles. The molecular weight excluding hydrogens is 554 g/mol. The van der Waals surface area contributed by atoms with Crippen LogP contribution in [0.15, 0.2) is 60.9 Å². The van der Waals surface area contributed by atoms with Crippen LogP contribution in [0, 0.1) is 24.2 Å². The normalized spacial score (nSPS) is 15.7. The molecule has 1 unspecified atom stereocenters. The smallest absolute Gasteiger partial charge is 0.410 e. The number of carbonyl (C=O) groups is 1. The number of fused-ring (bicyclic) bond motifs is 1. The fourth-order valence-electron chi connectivity index (χ4n) is 5.15. The van der Waals surface area contributed by atoms with Gasteiger partial charge in [0.05, 0.1) is 23.2 Å². The van der Waals surface area contributed by atoms with E-state index in [2.05, 4.69) is 32.7 Å². The van der Waals surface area contributed by atoms with E-state index in [-0.39, 0.29) is 18.1 Å². The van der Waals surface area contributed by atoms with Gasteiger partial charge in [-0.25, -0.2) is 19.7 Å². The molecule has 1 fully saturated rings. The molecule has 44 heavy (non-hydrogen) atoms. The number of pyridine rings is 1. The van der Waals surface area contributed by atoms with Crippen molar-refractivity contribution in [2.24, 2.45) is 5.92 Å². The summed E-state index contributed by atoms with van der Waals surface area (Å²) in [5, 5.41) is 18.0. The van der Waals surface area contributed by atoms with Gasteiger partial charge in [-0.15, -0.1) is 0 Å². The van der Waals surface area contributed by atoms with E-state index in [1.807, 2.05) is 77.1 Å². The molecule has 0 saturated carbocycles. The van der Waals surface area contributed by atoms with Crippen molar-refractivity contribution in [3.8, 4) is 29.0 Å². The van der Waals surface area contributed by atoms with Crippen molar-refractivity contribution in [1.29, 1.82) is 5.26 Å². The zero-order valence-electron chi connectivity index (χ0n) is 25.9. The summed E-state index contributed by atoms with van der Waals surface area (Å²) in [6.45, 7) is 11.2. The average Bonchev–Trinajstić information content (AvgIpc) is 3.01. The van der Waals surface area contributed by atoms with Crippen LogP contribution in [0.2, 0.25) is 0 Å². The monoisotopic (exact) mass is 593 g/mol. The highest BCUT2D eigenvalue weighted by atomic mass is 16.6. The Morgan fingerprint density at radius 1 is 1.11 bits per heavy atom. The number of carbonyl (C=O) groups excluding carboxylic acids is 1. The standard InChI is InChI=1S/C34H39N7O3/c1-22(19-35)20-38-28-12-6-10-26-25(28)14-13-23(2)30(26)43-31-27(11-7-16-36-31)29-15-17-37-32(40-29)39-24-9-8-18-41(21-24)33(42)44-34(3,4)5/h6-7,10-17,22,24,38H,8-9,18,20-21H2,1-5H3,(H,37,39,40)/t22-,24?/m0/s1. The first-order valence-electron chi connectivity index (χ1n) is 15.0. The van der Waals surface area contributed by atoms with E-state index in [1.165, 1.54) is 0 Å². The molecule has 3 heterocycles. The Kier molecular flexibility index (Phi) is 9.14. The summed E-state index contributed by atoms with van der Waals surface area (Å²) in [4.78, 5) is 28.2. The molecule has 1 amide bonds. The van der Waals surface area contributed by atoms with Gasteiger partial charge < -0.3 is 25.0 Å². The number of hydrogen-bond donors (Lipinski definition) is 2. The van der Waals surface area contributed by atoms with Gasteiger partial charge in [0.25, 0.3) is 0 Å². The van der Waals surface area contributed by atoms with Gasteiger partial charge in [0.1, 0.15) is 11.4 Å². The van der Waals surface area contributed by atoms with Crippen molar-refractivity contribution in [2.45, 2.75) is 59.1 Å². The first-order chi connectivity index (χ1) is 21.1. The number of benzene rings is 2. The molecule has 1 aliphatic heterocycles. The van der Waals surface area contributed by atoms with Gasteiger partial charge in [0, 0.05) is 54.5 Å². The highest BCUT2D eigenvalue weighted by Crippen LogP contribution is 2.38. The van der Waals surface area contributed by atoms with Gasteiger partial charge in [-0.05, 0) is 77.3 Å². The second kappa shape index (κ2) is 13.2. The molecule has 2 aromatic carbocycles. The van der Waals surface area contributed by atoms with E-state index in [4.69, 9.17) is 14.5 Å². The Hall–Kier alpha value is -4.91. The molecule has 5 rings (SSSR count). The third-order valence-electron chi connectivity index (χ3n) is 7.34. The lowest BCUT2D eigenvalue weighted by Crippen LogP contribution is -2.47. The first-order valence-corrected chi connectivity index (χ1v) is 15.0. The molecule has 4 aromatic rings. The summed E-state index contributed by atoms with van der Waals surface area (Å²) >= 11 is 0. The quantitative estimate of drug-likeness (QED) is 0.219. The molecule has 1 aliphatic rings. The van der Waals surface area contributed by atoms with Crippen molar-refractivity contribution in [3.63, 3.8) is 0 Å². The second-order valence-electron chi connectivity index (χ2n) is 12.2. The molecule has 0 spiro atoms. The summed E-state index contributed by atoms with van der Waals surface area (Å²) in [5.41, 5.74) is 2.75. The van der Waals surface area contributed by atoms with Crippen LogP contribution in [0.5, 0.6) is 11.6 Å². The van der Waals surface area contributed by atoms with Crippen LogP contribution in [0.25, 0.3) is 22.0 Å². The van der Waals surface area contributed by atoms with E-state index in [9.17, 15) is 10.1 Å². The predicted octanol–water partition coefficient (Wildman–Crippen LogP) is 7.18. The lowest BCUT2D eigenvalue weighted by Gasteiger charge is -2.34. The van der Waals surface area contributed by atoms with Crippen LogP contribution in [-0.2, 0) is 4.74 Å². The topological polar surface area (TPSA) is 125 Å². The summed E-state index contributed by atoms with van der Waals surface area (Å²) in [7, 11) is 0. The zero-order valence-corrected chi connectivity index (χ0v) is 25.9. The minimum absolute atomic E-state index is 0.00609. The molecule has 2 aromatic heterocycles. The van der Waals surface area contributed by atoms with Crippen LogP contribution in [0.1, 0.15) is 46.1 Å². The van der Waals surface area contributed by atoms with Crippen molar-refractivity contribution in [2.75, 3.05) is 30.3 Å². The molecule has 0 bridgehead atoms. The van der Waals surface area contributed by atoms with E-state index in [0.717, 1.165) is 40.4 Å². The van der Waals surface area contributed by atoms with Crippen LogP contribution >= 0.6 is 0 Å². The molecular formula is C34H39N7O3. The van der Waals surface area contributed by atoms with Crippen molar-refractivity contribution in [1.82, 2.24) is 19.9 Å². The summed E-state index contributed by atoms with van der Waals surface area (Å²) in [5.74, 6) is 1.49. The maximum absolute atomic E-state index is 12.6. The van der Waals surface area contributed by atoms with Gasteiger partial charge in [-0.3, -0.25) is 0 Å². The Bertz CT molecular complexity index is 1680. The Morgan fingerprint density at radius 3 is 2.75 bits per heavy atom. The average molecular weight is 594 g/mol. The second-order valence-corrected chi connectivity index (χ2v) is 12.2. The van der Waals surface area contributed by atoms with Crippen molar-refractivity contribution >= 4 is 28.5 Å². The van der Waals surface area contributed by atoms with E-state index in [1.54, 1.807) is 17.3 Å². The Labute approximate surface area is 258 Å². The number of nitrogens with one attached hydrogen (secondary N) is 2. The molecule has 1 saturated heterocycles. The number of anilines is 2. The third-order valence-corrected chi connectivity index (χ3v) is 7.34. The fourth-order valence-corrected chi connectivity index (χ4v) is 5.15. The number of ether oxygens (including phenoxy) is 2. The lowest BCUT2D eigenvalue weighted by molar-refractivity contribution is 0.0206. The van der Waals surface area contributed by atoms with Crippen LogP contribution in [0.4, 0.5) is 16.4 Å². The van der Waals surface area contributed by atoms with E-state index in [0.29, 0.717) is 42.9 Å². The molecule has 10 nitrogen and oxygen atoms in total. The fraction of sp³-hybridized carbons (Fsp3) is 0.382. The maximum atomic E-state index is 12.6. The van der Waals surface area contributed by atoms with Crippen molar-refractivity contribution < 1.29 is 14.3 Å². The predicted molar refractivity (Wildman–Crippen MR) is 172 cm³/mol. The Morgan fingerprint density at radius 2 is 1.95 bits per heavy atom. The minimum Gasteiger partial charge on any atom is -0.444 e. The van der Waals surface area contributed by atoms with Crippen molar-refractivity contribution in [3.05, 3.63) is 66.5 Å². The van der Waals surface area contributed by atoms with E-state index < -0.39 is 5.60 Å². The lowest BCUT2D eigenvalue weighted by atomic mass is 10.0. The largest absolute Gasteiger partial charge is 0.444 e. The number of rotatable bonds is 8. The molecule has 10 heteroatoms. The van der Waals surface area contributed by atoms with Crippen LogP contribution in [-0.4, -0.2) is 57.2 Å². The zero-order chi connectivity index (χ0) is 31.3. The third kappa shape index (κ3) is 7.35. The molecule has 0 radical (unpaired) electrons. The number of nitriles is 1. The number of amides is 1.